The zero-order valence-corrected chi connectivity index (χ0v) is 11.0. The van der Waals surface area contributed by atoms with Crippen LogP contribution in [-0.2, 0) is 6.42 Å². The summed E-state index contributed by atoms with van der Waals surface area (Å²) in [4.78, 5) is 0. The molecule has 3 aromatic carbocycles. The summed E-state index contributed by atoms with van der Waals surface area (Å²) in [5.74, 6) is 0.726. The maximum Gasteiger partial charge on any atom is 0.0226 e. The molecule has 0 fully saturated rings. The average molecular weight is 255 g/mol. The number of rotatable bonds is 3. The molecule has 0 aliphatic rings. The number of hydrogen-bond acceptors (Lipinski definition) is 0. The largest absolute Gasteiger partial charge is 0.127 e. The van der Waals surface area contributed by atoms with Gasteiger partial charge in [-0.3, -0.25) is 0 Å². The number of halogens is 1. The average Bonchev–Trinajstić information content (AvgIpc) is 2.43. The second-order valence-corrected chi connectivity index (χ2v) is 5.01. The van der Waals surface area contributed by atoms with Crippen LogP contribution in [0.3, 0.4) is 0 Å². The summed E-state index contributed by atoms with van der Waals surface area (Å²) in [5.41, 5.74) is 1.40. The molecule has 0 unspecified atom stereocenters. The molecule has 0 aromatic heterocycles. The van der Waals surface area contributed by atoms with E-state index in [0.29, 0.717) is 0 Å². The first-order valence-corrected chi connectivity index (χ1v) is 6.88. The highest BCUT2D eigenvalue weighted by atomic mass is 35.5. The van der Waals surface area contributed by atoms with Gasteiger partial charge in [-0.15, -0.1) is 11.6 Å². The van der Waals surface area contributed by atoms with Crippen molar-refractivity contribution in [3.05, 3.63) is 60.2 Å². The highest BCUT2D eigenvalue weighted by Crippen LogP contribution is 2.26. The molecule has 0 bridgehead atoms. The fraction of sp³-hybridized carbons (Fsp3) is 0.176. The molecular formula is C17H15Cl. The van der Waals surface area contributed by atoms with Crippen LogP contribution in [0.2, 0.25) is 0 Å². The molecule has 90 valence electrons. The van der Waals surface area contributed by atoms with E-state index in [2.05, 4.69) is 54.6 Å². The van der Waals surface area contributed by atoms with E-state index in [1.807, 2.05) is 0 Å². The SMILES string of the molecule is ClCCCc1cccc2cc3ccccc3cc12. The Kier molecular flexibility index (Phi) is 3.21. The van der Waals surface area contributed by atoms with Crippen molar-refractivity contribution in [1.82, 2.24) is 0 Å². The van der Waals surface area contributed by atoms with Gasteiger partial charge in [-0.2, -0.15) is 0 Å². The number of hydrogen-bond donors (Lipinski definition) is 0. The molecule has 0 heterocycles. The minimum atomic E-state index is 0.726. The van der Waals surface area contributed by atoms with Crippen molar-refractivity contribution in [3.63, 3.8) is 0 Å². The van der Waals surface area contributed by atoms with Crippen molar-refractivity contribution < 1.29 is 0 Å². The van der Waals surface area contributed by atoms with Crippen LogP contribution in [0.1, 0.15) is 12.0 Å². The van der Waals surface area contributed by atoms with Crippen molar-refractivity contribution in [2.75, 3.05) is 5.88 Å². The molecular weight excluding hydrogens is 240 g/mol. The Morgan fingerprint density at radius 2 is 1.50 bits per heavy atom. The first kappa shape index (κ1) is 11.6. The molecule has 0 N–H and O–H groups in total. The summed E-state index contributed by atoms with van der Waals surface area (Å²) in [6, 6.07) is 19.6. The van der Waals surface area contributed by atoms with Crippen LogP contribution in [0.5, 0.6) is 0 Å². The van der Waals surface area contributed by atoms with Crippen LogP contribution in [-0.4, -0.2) is 5.88 Å². The van der Waals surface area contributed by atoms with E-state index in [1.165, 1.54) is 27.1 Å². The lowest BCUT2D eigenvalue weighted by Crippen LogP contribution is -1.88. The Hall–Kier alpha value is -1.53. The van der Waals surface area contributed by atoms with E-state index in [4.69, 9.17) is 11.6 Å². The molecule has 0 aliphatic heterocycles. The van der Waals surface area contributed by atoms with Gasteiger partial charge in [-0.25, -0.2) is 0 Å². The second kappa shape index (κ2) is 4.99. The van der Waals surface area contributed by atoms with Gasteiger partial charge in [0.2, 0.25) is 0 Å². The Bertz CT molecular complexity index is 685. The van der Waals surface area contributed by atoms with Crippen LogP contribution in [0, 0.1) is 0 Å². The molecule has 0 atom stereocenters. The third kappa shape index (κ3) is 2.09. The second-order valence-electron chi connectivity index (χ2n) is 4.63. The van der Waals surface area contributed by atoms with E-state index < -0.39 is 0 Å². The van der Waals surface area contributed by atoms with Crippen molar-refractivity contribution in [2.45, 2.75) is 12.8 Å². The van der Waals surface area contributed by atoms with E-state index in [-0.39, 0.29) is 0 Å². The number of alkyl halides is 1. The monoisotopic (exact) mass is 254 g/mol. The fourth-order valence-electron chi connectivity index (χ4n) is 2.51. The van der Waals surface area contributed by atoms with Crippen molar-refractivity contribution in [1.29, 1.82) is 0 Å². The van der Waals surface area contributed by atoms with E-state index >= 15 is 0 Å². The molecule has 0 radical (unpaired) electrons. The number of aryl methyl sites for hydroxylation is 1. The van der Waals surface area contributed by atoms with E-state index in [0.717, 1.165) is 18.7 Å². The summed E-state index contributed by atoms with van der Waals surface area (Å²) in [6.45, 7) is 0. The zero-order chi connectivity index (χ0) is 12.4. The van der Waals surface area contributed by atoms with Crippen LogP contribution < -0.4 is 0 Å². The van der Waals surface area contributed by atoms with Crippen molar-refractivity contribution >= 4 is 33.1 Å². The lowest BCUT2D eigenvalue weighted by atomic mass is 9.98. The molecule has 0 amide bonds. The lowest BCUT2D eigenvalue weighted by Gasteiger charge is -2.07. The molecule has 1 heteroatoms. The molecule has 0 saturated heterocycles. The Labute approximate surface area is 112 Å². The van der Waals surface area contributed by atoms with Crippen LogP contribution >= 0.6 is 11.6 Å². The first-order chi connectivity index (χ1) is 8.88. The van der Waals surface area contributed by atoms with Crippen molar-refractivity contribution in [3.8, 4) is 0 Å². The van der Waals surface area contributed by atoms with Gasteiger partial charge in [0.05, 0.1) is 0 Å². The predicted octanol–water partition coefficient (Wildman–Crippen LogP) is 5.16. The van der Waals surface area contributed by atoms with Crippen LogP contribution in [0.25, 0.3) is 21.5 Å². The minimum absolute atomic E-state index is 0.726. The molecule has 0 saturated carbocycles. The fourth-order valence-corrected chi connectivity index (χ4v) is 2.64. The summed E-state index contributed by atoms with van der Waals surface area (Å²) >= 11 is 5.80. The van der Waals surface area contributed by atoms with E-state index in [9.17, 15) is 0 Å². The predicted molar refractivity (Wildman–Crippen MR) is 80.5 cm³/mol. The topological polar surface area (TPSA) is 0 Å². The maximum absolute atomic E-state index is 5.80. The highest BCUT2D eigenvalue weighted by Gasteiger charge is 2.02. The molecule has 3 aromatic rings. The van der Waals surface area contributed by atoms with Gasteiger partial charge in [-0.05, 0) is 52.1 Å². The Morgan fingerprint density at radius 3 is 2.28 bits per heavy atom. The smallest absolute Gasteiger partial charge is 0.0226 e. The van der Waals surface area contributed by atoms with Gasteiger partial charge >= 0.3 is 0 Å². The molecule has 18 heavy (non-hydrogen) atoms. The summed E-state index contributed by atoms with van der Waals surface area (Å²) in [6.07, 6.45) is 2.09. The van der Waals surface area contributed by atoms with Gasteiger partial charge < -0.3 is 0 Å². The minimum Gasteiger partial charge on any atom is -0.127 e. The number of benzene rings is 3. The first-order valence-electron chi connectivity index (χ1n) is 6.35. The van der Waals surface area contributed by atoms with Crippen LogP contribution in [0.15, 0.2) is 54.6 Å². The summed E-state index contributed by atoms with van der Waals surface area (Å²) < 4.78 is 0. The van der Waals surface area contributed by atoms with E-state index in [1.54, 1.807) is 0 Å². The quantitative estimate of drug-likeness (QED) is 0.447. The Morgan fingerprint density at radius 1 is 0.778 bits per heavy atom. The van der Waals surface area contributed by atoms with Crippen molar-refractivity contribution in [2.24, 2.45) is 0 Å². The van der Waals surface area contributed by atoms with Gasteiger partial charge in [0.15, 0.2) is 0 Å². The third-order valence-electron chi connectivity index (χ3n) is 3.42. The third-order valence-corrected chi connectivity index (χ3v) is 3.68. The standard InChI is InChI=1S/C17H15Cl/c18-10-4-9-13-7-3-8-16-11-14-5-1-2-6-15(14)12-17(13)16/h1-3,5-8,11-12H,4,9-10H2. The van der Waals surface area contributed by atoms with Gasteiger partial charge in [0.25, 0.3) is 0 Å². The summed E-state index contributed by atoms with van der Waals surface area (Å²) in [7, 11) is 0. The molecule has 3 rings (SSSR count). The van der Waals surface area contributed by atoms with Gasteiger partial charge in [0, 0.05) is 5.88 Å². The van der Waals surface area contributed by atoms with Crippen LogP contribution in [0.4, 0.5) is 0 Å². The highest BCUT2D eigenvalue weighted by molar-refractivity contribution is 6.17. The molecule has 0 spiro atoms. The summed E-state index contributed by atoms with van der Waals surface area (Å²) in [5, 5.41) is 5.30. The number of fused-ring (bicyclic) bond motifs is 2. The molecule has 0 nitrogen and oxygen atoms in total. The van der Waals surface area contributed by atoms with Gasteiger partial charge in [-0.1, -0.05) is 42.5 Å². The van der Waals surface area contributed by atoms with Gasteiger partial charge in [0.1, 0.15) is 0 Å². The Balaban J connectivity index is 2.22. The maximum atomic E-state index is 5.80. The molecule has 0 aliphatic carbocycles. The zero-order valence-electron chi connectivity index (χ0n) is 10.2. The normalized spacial score (nSPS) is 11.2. The lowest BCUT2D eigenvalue weighted by molar-refractivity contribution is 0.937.